The zero-order valence-electron chi connectivity index (χ0n) is 68.0. The molecule has 5 atom stereocenters. The van der Waals surface area contributed by atoms with Crippen molar-refractivity contribution in [1.29, 1.82) is 0 Å². The quantitative estimate of drug-likeness (QED) is 0.0169. The van der Waals surface area contributed by atoms with E-state index in [0.29, 0.717) is 51.4 Å². The number of aliphatic hydroxyl groups excluding tert-OH is 1. The lowest BCUT2D eigenvalue weighted by atomic mass is 10.2. The Bertz CT molecular complexity index is 3190. The molecule has 622 valence electrons. The summed E-state index contributed by atoms with van der Waals surface area (Å²) < 4.78 is 68.4. The van der Waals surface area contributed by atoms with Gasteiger partial charge in [-0.25, -0.2) is 9.13 Å². The molecule has 0 heterocycles. The summed E-state index contributed by atoms with van der Waals surface area (Å²) in [6.45, 7) is 4.04. The minimum atomic E-state index is -5.04. The molecule has 0 aliphatic heterocycles. The van der Waals surface area contributed by atoms with Crippen LogP contribution in [0.15, 0.2) is 267 Å². The summed E-state index contributed by atoms with van der Waals surface area (Å²) in [7, 11) is -10.1. The third kappa shape index (κ3) is 80.4. The van der Waals surface area contributed by atoms with Crippen LogP contribution in [0, 0.1) is 0 Å². The molecule has 5 unspecified atom stereocenters. The van der Waals surface area contributed by atoms with E-state index in [1.807, 2.05) is 60.8 Å². The SMILES string of the molecule is CC/C=C\C/C=C\C/C=C\C/C=C\C/C=C\C/C=C\CCC(=O)OCC(COP(=O)(O)OCC(O)COP(=O)(O)OCC(COC(=O)CCC/C=C\C/C=C\C/C=C\C/C=C\C/C=C\CC)OC(=O)CCC/C=C\C/C=C\C/C=C\C/C=C\C/C=C\CC)OC(=O)CC/C=C\C/C=C\C/C=C\C/C=C\C/C=C\C/C=C\CC. The van der Waals surface area contributed by atoms with Crippen molar-refractivity contribution in [2.45, 2.75) is 251 Å². The van der Waals surface area contributed by atoms with Crippen LogP contribution in [0.3, 0.4) is 0 Å². The van der Waals surface area contributed by atoms with Gasteiger partial charge in [0.15, 0.2) is 12.2 Å². The summed E-state index contributed by atoms with van der Waals surface area (Å²) in [6.07, 6.45) is 110. The maximum Gasteiger partial charge on any atom is 0.472 e. The second-order valence-electron chi connectivity index (χ2n) is 25.5. The van der Waals surface area contributed by atoms with Crippen LogP contribution in [0.25, 0.3) is 0 Å². The Morgan fingerprint density at radius 3 is 0.688 bits per heavy atom. The second kappa shape index (κ2) is 81.4. The van der Waals surface area contributed by atoms with Crippen LogP contribution in [0.5, 0.6) is 0 Å². The van der Waals surface area contributed by atoms with E-state index in [0.717, 1.165) is 128 Å². The van der Waals surface area contributed by atoms with Gasteiger partial charge in [0.05, 0.1) is 26.4 Å². The Kier molecular flexibility index (Phi) is 75.8. The van der Waals surface area contributed by atoms with Crippen molar-refractivity contribution in [2.24, 2.45) is 0 Å². The summed E-state index contributed by atoms with van der Waals surface area (Å²) in [5, 5.41) is 10.7. The molecule has 0 bridgehead atoms. The number of esters is 4. The second-order valence-corrected chi connectivity index (χ2v) is 28.4. The van der Waals surface area contributed by atoms with Crippen molar-refractivity contribution in [3.8, 4) is 0 Å². The predicted octanol–water partition coefficient (Wildman–Crippen LogP) is 24.3. The van der Waals surface area contributed by atoms with Gasteiger partial charge in [0, 0.05) is 25.7 Å². The molecule has 112 heavy (non-hydrogen) atoms. The van der Waals surface area contributed by atoms with Crippen LogP contribution < -0.4 is 0 Å². The molecule has 0 radical (unpaired) electrons. The van der Waals surface area contributed by atoms with E-state index in [2.05, 4.69) is 234 Å². The van der Waals surface area contributed by atoms with Crippen molar-refractivity contribution < 1.29 is 80.2 Å². The Balaban J connectivity index is 5.67. The van der Waals surface area contributed by atoms with Crippen molar-refractivity contribution in [2.75, 3.05) is 39.6 Å². The highest BCUT2D eigenvalue weighted by Crippen LogP contribution is 2.45. The molecule has 0 aromatic rings. The minimum Gasteiger partial charge on any atom is -0.462 e. The van der Waals surface area contributed by atoms with E-state index in [9.17, 15) is 43.2 Å². The highest BCUT2D eigenvalue weighted by atomic mass is 31.2. The number of unbranched alkanes of at least 4 members (excludes halogenated alkanes) is 2. The monoisotopic (exact) mass is 1590 g/mol. The fourth-order valence-electron chi connectivity index (χ4n) is 9.22. The van der Waals surface area contributed by atoms with Gasteiger partial charge in [-0.05, 0) is 180 Å². The number of allylic oxidation sites excluding steroid dienone is 44. The largest absolute Gasteiger partial charge is 0.472 e. The molecule has 0 aliphatic rings. The zero-order valence-corrected chi connectivity index (χ0v) is 69.7. The lowest BCUT2D eigenvalue weighted by Gasteiger charge is -2.21. The van der Waals surface area contributed by atoms with Gasteiger partial charge in [-0.3, -0.25) is 37.3 Å². The van der Waals surface area contributed by atoms with Gasteiger partial charge < -0.3 is 33.8 Å². The van der Waals surface area contributed by atoms with Crippen LogP contribution in [0.2, 0.25) is 0 Å². The Morgan fingerprint density at radius 1 is 0.250 bits per heavy atom. The number of carbonyl (C=O) groups is 4. The molecule has 0 aliphatic carbocycles. The third-order valence-electron chi connectivity index (χ3n) is 15.2. The number of hydrogen-bond donors (Lipinski definition) is 3. The van der Waals surface area contributed by atoms with Gasteiger partial charge in [-0.15, -0.1) is 0 Å². The topological polar surface area (TPSA) is 237 Å². The molecule has 0 fully saturated rings. The minimum absolute atomic E-state index is 0.00455. The number of rotatable bonds is 72. The number of phosphoric ester groups is 2. The zero-order chi connectivity index (χ0) is 81.7. The molecule has 17 nitrogen and oxygen atoms in total. The van der Waals surface area contributed by atoms with Crippen LogP contribution in [-0.4, -0.2) is 96.7 Å². The molecule has 0 saturated carbocycles. The van der Waals surface area contributed by atoms with Crippen LogP contribution >= 0.6 is 15.6 Å². The normalized spacial score (nSPS) is 15.2. The van der Waals surface area contributed by atoms with E-state index in [1.54, 1.807) is 0 Å². The average molecular weight is 1590 g/mol. The first-order valence-corrected chi connectivity index (χ1v) is 43.6. The molecular formula is C93H138O17P2. The number of carbonyl (C=O) groups excluding carboxylic acids is 4. The first kappa shape index (κ1) is 104. The molecule has 0 aromatic carbocycles. The van der Waals surface area contributed by atoms with Gasteiger partial charge in [-0.1, -0.05) is 295 Å². The Morgan fingerprint density at radius 2 is 0.438 bits per heavy atom. The summed E-state index contributed by atoms with van der Waals surface area (Å²) in [5.74, 6) is -2.55. The maximum absolute atomic E-state index is 13.1. The van der Waals surface area contributed by atoms with E-state index in [1.165, 1.54) is 0 Å². The fourth-order valence-corrected chi connectivity index (χ4v) is 10.8. The first-order chi connectivity index (χ1) is 54.7. The van der Waals surface area contributed by atoms with Gasteiger partial charge in [-0.2, -0.15) is 0 Å². The number of ether oxygens (including phenoxy) is 4. The molecule has 0 rings (SSSR count). The Labute approximate surface area is 674 Å². The van der Waals surface area contributed by atoms with Crippen molar-refractivity contribution in [1.82, 2.24) is 0 Å². The van der Waals surface area contributed by atoms with E-state index < -0.39 is 97.5 Å². The summed E-state index contributed by atoms with van der Waals surface area (Å²) in [5.41, 5.74) is 0. The van der Waals surface area contributed by atoms with Crippen LogP contribution in [0.4, 0.5) is 0 Å². The van der Waals surface area contributed by atoms with Crippen molar-refractivity contribution in [3.63, 3.8) is 0 Å². The fraction of sp³-hybridized carbons (Fsp3) is 0.484. The van der Waals surface area contributed by atoms with Gasteiger partial charge in [0.25, 0.3) is 0 Å². The van der Waals surface area contributed by atoms with E-state index >= 15 is 0 Å². The maximum atomic E-state index is 13.1. The standard InChI is InChI=1S/C93H138O17P2/c1-5-9-13-17-21-25-29-33-37-41-43-47-50-54-58-62-66-70-74-78-91(96)104-84-89(110-93(98)80-76-72-68-64-60-56-52-48-44-42-38-34-30-26-22-18-14-10-6-2)86-108-112(101,102)106-82-87(94)81-105-111(99,100)107-85-88(109-92(97)79-75-71-67-63-59-55-51-46-40-36-32-28-24-20-16-12-8-4)83-103-90(95)77-73-69-65-61-57-53-49-45-39-35-31-27-23-19-15-11-7-3/h9-16,21-28,33-40,43-44,47-49,51,53-56,58,60-61,63,65-68,70,72,87-89,94H,5-8,17-20,29-32,41-42,45-46,50,52,57,59,62,64,69,71,73-86H2,1-4H3,(H,99,100)(H,101,102)/b13-9-,14-10-,15-11-,16-12-,25-21-,26-22-,27-23-,28-24-,37-33-,38-34-,39-35-,40-36-,47-43-,48-44-,53-49-,55-51-,58-54-,60-56-,65-61-,67-63-,70-66-,72-68-. The van der Waals surface area contributed by atoms with Crippen molar-refractivity contribution >= 4 is 39.5 Å². The van der Waals surface area contributed by atoms with E-state index in [4.69, 9.17) is 37.0 Å². The summed E-state index contributed by atoms with van der Waals surface area (Å²) in [4.78, 5) is 73.1. The lowest BCUT2D eigenvalue weighted by Crippen LogP contribution is -2.30. The highest BCUT2D eigenvalue weighted by Gasteiger charge is 2.30. The molecule has 3 N–H and O–H groups in total. The molecule has 19 heteroatoms. The van der Waals surface area contributed by atoms with Gasteiger partial charge >= 0.3 is 39.5 Å². The molecular weight excluding hydrogens is 1450 g/mol. The van der Waals surface area contributed by atoms with E-state index in [-0.39, 0.29) is 25.7 Å². The van der Waals surface area contributed by atoms with Crippen LogP contribution in [-0.2, 0) is 65.4 Å². The lowest BCUT2D eigenvalue weighted by molar-refractivity contribution is -0.161. The third-order valence-corrected chi connectivity index (χ3v) is 17.1. The molecule has 0 saturated heterocycles. The van der Waals surface area contributed by atoms with Crippen molar-refractivity contribution in [3.05, 3.63) is 267 Å². The summed E-state index contributed by atoms with van der Waals surface area (Å²) in [6, 6.07) is 0. The first-order valence-electron chi connectivity index (χ1n) is 40.6. The Hall–Kier alpha value is -7.66. The predicted molar refractivity (Wildman–Crippen MR) is 463 cm³/mol. The number of aliphatic hydroxyl groups is 1. The number of phosphoric acid groups is 2. The summed E-state index contributed by atoms with van der Waals surface area (Å²) >= 11 is 0. The number of hydrogen-bond acceptors (Lipinski definition) is 15. The smallest absolute Gasteiger partial charge is 0.462 e. The average Bonchev–Trinajstić information content (AvgIpc) is 0.898. The van der Waals surface area contributed by atoms with Crippen LogP contribution in [0.1, 0.15) is 233 Å². The molecule has 0 amide bonds. The highest BCUT2D eigenvalue weighted by molar-refractivity contribution is 7.47. The van der Waals surface area contributed by atoms with Gasteiger partial charge in [0.1, 0.15) is 19.3 Å². The molecule has 0 aromatic heterocycles. The van der Waals surface area contributed by atoms with Gasteiger partial charge in [0.2, 0.25) is 0 Å². The molecule has 0 spiro atoms.